The molecule has 1 amide bonds. The highest BCUT2D eigenvalue weighted by Crippen LogP contribution is 2.38. The molecule has 0 fully saturated rings. The topological polar surface area (TPSA) is 114 Å². The number of phosphoric ester groups is 1. The van der Waals surface area contributed by atoms with Gasteiger partial charge >= 0.3 is 5.97 Å². The molecule has 10 heteroatoms. The summed E-state index contributed by atoms with van der Waals surface area (Å²) in [6.45, 7) is 6.63. The van der Waals surface area contributed by atoms with Crippen LogP contribution in [-0.4, -0.2) is 69.4 Å². The van der Waals surface area contributed by atoms with Crippen molar-refractivity contribution in [2.75, 3.05) is 40.9 Å². The van der Waals surface area contributed by atoms with Crippen LogP contribution in [0.1, 0.15) is 239 Å². The number of hydrogen-bond donors (Lipinski definition) is 1. The standard InChI is InChI=1S/C69H117N2O7P/c1-7-10-13-16-19-22-25-27-29-31-33-35-37-39-41-43-46-49-52-55-58-61-68(72)70-66(65-77-79(74,75)76-64-63-71(4,5)6)67(60-57-54-51-48-45-24-21-18-15-12-9-3)78-69(73)62-59-56-53-50-47-44-42-40-38-36-34-32-30-28-26-23-20-17-14-11-8-2/h11,14,19-20,22-23,27-30,33-36,39-42,47,50,57,60,66-67H,7-10,12-13,15-18,21,24-26,31-32,37-38,43-46,48-49,51-56,58-59,61-65H2,1-6H3,(H-,70,72,74,75)/b14-11-,22-19-,23-20-,29-27-,30-28-,35-33-,36-34-,41-39-,42-40-,50-47-,60-57+. The highest BCUT2D eigenvalue weighted by molar-refractivity contribution is 7.45. The van der Waals surface area contributed by atoms with Gasteiger partial charge in [0.1, 0.15) is 19.3 Å². The second-order valence-corrected chi connectivity index (χ2v) is 23.2. The largest absolute Gasteiger partial charge is 0.756 e. The molecule has 9 nitrogen and oxygen atoms in total. The molecule has 0 saturated carbocycles. The van der Waals surface area contributed by atoms with Crippen LogP contribution in [0.2, 0.25) is 0 Å². The van der Waals surface area contributed by atoms with Gasteiger partial charge in [0.25, 0.3) is 7.82 Å². The maximum absolute atomic E-state index is 13.5. The van der Waals surface area contributed by atoms with Gasteiger partial charge in [-0.05, 0) is 128 Å². The zero-order valence-corrected chi connectivity index (χ0v) is 52.2. The van der Waals surface area contributed by atoms with Gasteiger partial charge in [0, 0.05) is 12.8 Å². The van der Waals surface area contributed by atoms with Crippen LogP contribution in [-0.2, 0) is 27.9 Å². The first kappa shape index (κ1) is 75.2. The minimum Gasteiger partial charge on any atom is -0.756 e. The summed E-state index contributed by atoms with van der Waals surface area (Å²) >= 11 is 0. The molecule has 0 spiro atoms. The van der Waals surface area contributed by atoms with Crippen LogP contribution in [0.5, 0.6) is 0 Å². The van der Waals surface area contributed by atoms with E-state index in [9.17, 15) is 19.0 Å². The Morgan fingerprint density at radius 3 is 1.25 bits per heavy atom. The number of rotatable bonds is 55. The predicted octanol–water partition coefficient (Wildman–Crippen LogP) is 19.0. The minimum atomic E-state index is -4.72. The number of allylic oxidation sites excluding steroid dienone is 21. The lowest BCUT2D eigenvalue weighted by Crippen LogP contribution is -2.47. The second kappa shape index (κ2) is 57.4. The number of phosphoric acid groups is 1. The summed E-state index contributed by atoms with van der Waals surface area (Å²) in [4.78, 5) is 40.0. The molecule has 79 heavy (non-hydrogen) atoms. The summed E-state index contributed by atoms with van der Waals surface area (Å²) < 4.78 is 30.3. The van der Waals surface area contributed by atoms with E-state index in [0.717, 1.165) is 122 Å². The van der Waals surface area contributed by atoms with Crippen molar-refractivity contribution in [2.45, 2.75) is 251 Å². The summed E-state index contributed by atoms with van der Waals surface area (Å²) in [5.41, 5.74) is 0. The molecular weight excluding hydrogens is 1000 g/mol. The fraction of sp³-hybridized carbons (Fsp3) is 0.652. The van der Waals surface area contributed by atoms with E-state index in [-0.39, 0.29) is 25.4 Å². The van der Waals surface area contributed by atoms with Crippen LogP contribution in [0.15, 0.2) is 134 Å². The molecule has 0 bridgehead atoms. The van der Waals surface area contributed by atoms with Crippen molar-refractivity contribution in [1.82, 2.24) is 5.32 Å². The molecule has 0 heterocycles. The van der Waals surface area contributed by atoms with Crippen LogP contribution >= 0.6 is 7.82 Å². The summed E-state index contributed by atoms with van der Waals surface area (Å²) in [5.74, 6) is -0.624. The number of hydrogen-bond acceptors (Lipinski definition) is 7. The van der Waals surface area contributed by atoms with Crippen LogP contribution in [0.3, 0.4) is 0 Å². The van der Waals surface area contributed by atoms with Crippen molar-refractivity contribution in [1.29, 1.82) is 0 Å². The number of nitrogens with zero attached hydrogens (tertiary/aromatic N) is 1. The monoisotopic (exact) mass is 1120 g/mol. The molecule has 0 aliphatic carbocycles. The van der Waals surface area contributed by atoms with Gasteiger partial charge in [-0.3, -0.25) is 14.2 Å². The van der Waals surface area contributed by atoms with E-state index in [2.05, 4.69) is 148 Å². The molecule has 0 aromatic heterocycles. The highest BCUT2D eigenvalue weighted by Gasteiger charge is 2.27. The maximum atomic E-state index is 13.5. The van der Waals surface area contributed by atoms with E-state index >= 15 is 0 Å². The Morgan fingerprint density at radius 2 is 0.810 bits per heavy atom. The van der Waals surface area contributed by atoms with Gasteiger partial charge in [-0.15, -0.1) is 0 Å². The normalized spacial score (nSPS) is 14.6. The third-order valence-corrected chi connectivity index (χ3v) is 14.0. The summed E-state index contributed by atoms with van der Waals surface area (Å²) in [7, 11) is 1.13. The Balaban J connectivity index is 5.34. The number of esters is 1. The van der Waals surface area contributed by atoms with Gasteiger partial charge in [0.2, 0.25) is 5.91 Å². The highest BCUT2D eigenvalue weighted by atomic mass is 31.2. The maximum Gasteiger partial charge on any atom is 0.306 e. The lowest BCUT2D eigenvalue weighted by molar-refractivity contribution is -0.870. The molecule has 0 aromatic carbocycles. The van der Waals surface area contributed by atoms with Gasteiger partial charge in [-0.2, -0.15) is 0 Å². The van der Waals surface area contributed by atoms with Crippen LogP contribution in [0.4, 0.5) is 0 Å². The Kier molecular flexibility index (Phi) is 54.6. The fourth-order valence-electron chi connectivity index (χ4n) is 8.21. The van der Waals surface area contributed by atoms with Gasteiger partial charge in [-0.1, -0.05) is 232 Å². The Hall–Kier alpha value is -3.85. The number of ether oxygens (including phenoxy) is 1. The minimum absolute atomic E-state index is 0.0412. The first-order valence-corrected chi connectivity index (χ1v) is 33.0. The summed E-state index contributed by atoms with van der Waals surface area (Å²) in [6, 6.07) is -0.926. The summed E-state index contributed by atoms with van der Waals surface area (Å²) in [6.07, 6.45) is 81.4. The third kappa shape index (κ3) is 58.6. The van der Waals surface area contributed by atoms with Gasteiger partial charge in [-0.25, -0.2) is 0 Å². The number of carbonyl (C=O) groups excluding carboxylic acids is 2. The fourth-order valence-corrected chi connectivity index (χ4v) is 8.94. The Bertz CT molecular complexity index is 1810. The number of quaternary nitrogens is 1. The first-order chi connectivity index (χ1) is 38.4. The molecule has 0 saturated heterocycles. The Labute approximate surface area is 485 Å². The number of nitrogens with one attached hydrogen (secondary N) is 1. The van der Waals surface area contributed by atoms with E-state index < -0.39 is 32.5 Å². The molecule has 3 atom stereocenters. The summed E-state index contributed by atoms with van der Waals surface area (Å²) in [5, 5.41) is 3.00. The predicted molar refractivity (Wildman–Crippen MR) is 339 cm³/mol. The van der Waals surface area contributed by atoms with E-state index in [1.54, 1.807) is 6.08 Å². The van der Waals surface area contributed by atoms with Gasteiger partial charge < -0.3 is 28.5 Å². The molecule has 0 rings (SSSR count). The van der Waals surface area contributed by atoms with E-state index in [1.807, 2.05) is 27.2 Å². The van der Waals surface area contributed by atoms with Crippen molar-refractivity contribution >= 4 is 19.7 Å². The zero-order valence-electron chi connectivity index (χ0n) is 51.3. The van der Waals surface area contributed by atoms with Crippen LogP contribution < -0.4 is 10.2 Å². The molecule has 0 radical (unpaired) electrons. The molecular formula is C69H117N2O7P. The lowest BCUT2D eigenvalue weighted by Gasteiger charge is -2.30. The molecule has 1 N–H and O–H groups in total. The zero-order chi connectivity index (χ0) is 57.9. The lowest BCUT2D eigenvalue weighted by atomic mass is 10.1. The van der Waals surface area contributed by atoms with Crippen molar-refractivity contribution in [3.63, 3.8) is 0 Å². The van der Waals surface area contributed by atoms with Crippen molar-refractivity contribution in [3.05, 3.63) is 134 Å². The third-order valence-electron chi connectivity index (χ3n) is 13.1. The van der Waals surface area contributed by atoms with E-state index in [4.69, 9.17) is 13.8 Å². The van der Waals surface area contributed by atoms with Gasteiger partial charge in [0.05, 0.1) is 33.8 Å². The van der Waals surface area contributed by atoms with Crippen LogP contribution in [0.25, 0.3) is 0 Å². The smallest absolute Gasteiger partial charge is 0.306 e. The first-order valence-electron chi connectivity index (χ1n) is 31.5. The number of amides is 1. The second-order valence-electron chi connectivity index (χ2n) is 21.8. The van der Waals surface area contributed by atoms with E-state index in [0.29, 0.717) is 23.9 Å². The van der Waals surface area contributed by atoms with Crippen molar-refractivity contribution < 1.29 is 37.3 Å². The number of carbonyl (C=O) groups is 2. The van der Waals surface area contributed by atoms with Crippen molar-refractivity contribution in [3.8, 4) is 0 Å². The average molecular weight is 1120 g/mol. The number of unbranched alkanes of at least 4 members (excludes halogenated alkanes) is 19. The number of likely N-dealkylation sites (N-methyl/N-ethyl adjacent to an activating group) is 1. The van der Waals surface area contributed by atoms with Crippen molar-refractivity contribution in [2.24, 2.45) is 0 Å². The average Bonchev–Trinajstić information content (AvgIpc) is 3.41. The molecule has 0 aromatic rings. The molecule has 3 unspecified atom stereocenters. The SMILES string of the molecule is CC/C=C\C/C=C\C/C=C\C/C=C\C/C=C\C/C=C\CCCCC(=O)OC(/C=C/CCCCCCCCCCC)C(COP(=O)([O-])OCC[N+](C)(C)C)NC(=O)CCCCCCC/C=C\C/C=C\C/C=C\C/C=C\CCCCC. The molecule has 450 valence electrons. The molecule has 0 aliphatic rings. The van der Waals surface area contributed by atoms with Crippen LogP contribution in [0, 0.1) is 0 Å². The van der Waals surface area contributed by atoms with E-state index in [1.165, 1.54) is 70.6 Å². The quantitative estimate of drug-likeness (QED) is 0.0212. The van der Waals surface area contributed by atoms with Gasteiger partial charge in [0.15, 0.2) is 0 Å². The molecule has 0 aliphatic heterocycles. The Morgan fingerprint density at radius 1 is 0.456 bits per heavy atom.